The molecule has 0 spiro atoms. The molecule has 0 saturated heterocycles. The number of benzene rings is 1. The van der Waals surface area contributed by atoms with E-state index in [2.05, 4.69) is 10.4 Å². The van der Waals surface area contributed by atoms with Crippen LogP contribution in [0.3, 0.4) is 0 Å². The van der Waals surface area contributed by atoms with Crippen LogP contribution in [0.2, 0.25) is 0 Å². The molecule has 1 aromatic carbocycles. The average molecular weight is 431 g/mol. The van der Waals surface area contributed by atoms with Gasteiger partial charge in [-0.2, -0.15) is 5.10 Å². The molecule has 168 valence electrons. The number of carbonyl (C=O) groups is 2. The number of nitrogens with one attached hydrogen (secondary N) is 1. The van der Waals surface area contributed by atoms with E-state index in [1.54, 1.807) is 43.0 Å². The molecule has 9 nitrogen and oxygen atoms in total. The number of hydrogen-bond acceptors (Lipinski definition) is 6. The highest BCUT2D eigenvalue weighted by molar-refractivity contribution is 5.92. The number of methoxy groups -OCH3 is 2. The van der Waals surface area contributed by atoms with E-state index in [0.29, 0.717) is 36.8 Å². The fraction of sp³-hybridized carbons (Fsp3) is 0.500. The molecule has 1 N–H and O–H groups in total. The number of carbonyl (C=O) groups excluding carboxylic acids is 2. The summed E-state index contributed by atoms with van der Waals surface area (Å²) in [6.07, 6.45) is 0.397. The molecule has 0 bridgehead atoms. The molecule has 0 aliphatic carbocycles. The lowest BCUT2D eigenvalue weighted by Gasteiger charge is -2.29. The summed E-state index contributed by atoms with van der Waals surface area (Å²) in [7, 11) is 4.90. The predicted molar refractivity (Wildman–Crippen MR) is 115 cm³/mol. The monoisotopic (exact) mass is 430 g/mol. The van der Waals surface area contributed by atoms with Crippen LogP contribution >= 0.6 is 0 Å². The number of nitrogens with zero attached hydrogens (tertiary/aromatic N) is 3. The van der Waals surface area contributed by atoms with Gasteiger partial charge in [-0.3, -0.25) is 9.48 Å². The van der Waals surface area contributed by atoms with Crippen LogP contribution in [-0.2, 0) is 36.0 Å². The zero-order chi connectivity index (χ0) is 22.8. The van der Waals surface area contributed by atoms with Crippen molar-refractivity contribution in [3.05, 3.63) is 35.0 Å². The van der Waals surface area contributed by atoms with Crippen molar-refractivity contribution >= 4 is 17.8 Å². The topological polar surface area (TPSA) is 94.9 Å². The number of aromatic nitrogens is 2. The molecule has 2 amide bonds. The highest BCUT2D eigenvalue weighted by Gasteiger charge is 2.30. The summed E-state index contributed by atoms with van der Waals surface area (Å²) in [5.41, 5.74) is 1.94. The lowest BCUT2D eigenvalue weighted by Crippen LogP contribution is -2.40. The molecule has 0 saturated carbocycles. The van der Waals surface area contributed by atoms with Crippen LogP contribution < -0.4 is 14.8 Å². The number of anilines is 1. The van der Waals surface area contributed by atoms with E-state index < -0.39 is 5.60 Å². The molecular formula is C22H30N4O5. The van der Waals surface area contributed by atoms with Gasteiger partial charge in [-0.25, -0.2) is 4.79 Å². The number of fused-ring (bicyclic) bond motifs is 1. The third kappa shape index (κ3) is 5.28. The molecule has 0 unspecified atom stereocenters. The molecule has 0 atom stereocenters. The first-order chi connectivity index (χ1) is 14.6. The van der Waals surface area contributed by atoms with Crippen molar-refractivity contribution in [2.45, 2.75) is 45.8 Å². The quantitative estimate of drug-likeness (QED) is 0.784. The Morgan fingerprint density at radius 2 is 1.87 bits per heavy atom. The molecule has 1 aromatic heterocycles. The Kier molecular flexibility index (Phi) is 6.42. The van der Waals surface area contributed by atoms with Crippen molar-refractivity contribution in [1.29, 1.82) is 0 Å². The highest BCUT2D eigenvalue weighted by Crippen LogP contribution is 2.29. The van der Waals surface area contributed by atoms with E-state index in [-0.39, 0.29) is 18.4 Å². The third-order valence-electron chi connectivity index (χ3n) is 4.92. The number of hydrogen-bond donors (Lipinski definition) is 1. The third-order valence-corrected chi connectivity index (χ3v) is 4.92. The molecule has 2 heterocycles. The Balaban J connectivity index is 1.73. The van der Waals surface area contributed by atoms with Crippen LogP contribution in [0.25, 0.3) is 0 Å². The highest BCUT2D eigenvalue weighted by atomic mass is 16.6. The summed E-state index contributed by atoms with van der Waals surface area (Å²) in [5.74, 6) is 1.58. The number of aryl methyl sites for hydroxylation is 1. The maximum Gasteiger partial charge on any atom is 0.410 e. The van der Waals surface area contributed by atoms with Gasteiger partial charge < -0.3 is 24.4 Å². The summed E-state index contributed by atoms with van der Waals surface area (Å²) in [5, 5.41) is 7.47. The largest absolute Gasteiger partial charge is 0.493 e. The standard InChI is InChI=1S/C22H30N4O5/c1-22(2,3)31-21(28)26-10-9-16-15(13-26)20(25(4)24-16)23-19(27)12-14-7-8-17(29-5)18(11-14)30-6/h7-8,11H,9-10,12-13H2,1-6H3,(H,23,27). The van der Waals surface area contributed by atoms with E-state index in [0.717, 1.165) is 16.8 Å². The van der Waals surface area contributed by atoms with Gasteiger partial charge in [-0.1, -0.05) is 6.07 Å². The molecule has 1 aliphatic rings. The van der Waals surface area contributed by atoms with Crippen LogP contribution in [0.4, 0.5) is 10.6 Å². The lowest BCUT2D eigenvalue weighted by atomic mass is 10.1. The van der Waals surface area contributed by atoms with Gasteiger partial charge in [0, 0.05) is 25.6 Å². The van der Waals surface area contributed by atoms with Crippen molar-refractivity contribution in [2.24, 2.45) is 7.05 Å². The van der Waals surface area contributed by atoms with E-state index in [1.165, 1.54) is 0 Å². The van der Waals surface area contributed by atoms with Gasteiger partial charge in [-0.05, 0) is 38.5 Å². The molecule has 9 heteroatoms. The predicted octanol–water partition coefficient (Wildman–Crippen LogP) is 2.91. The fourth-order valence-corrected chi connectivity index (χ4v) is 3.49. The lowest BCUT2D eigenvalue weighted by molar-refractivity contribution is -0.115. The van der Waals surface area contributed by atoms with Gasteiger partial charge in [-0.15, -0.1) is 0 Å². The van der Waals surface area contributed by atoms with Crippen LogP contribution in [0.1, 0.15) is 37.6 Å². The van der Waals surface area contributed by atoms with E-state index >= 15 is 0 Å². The summed E-state index contributed by atoms with van der Waals surface area (Å²) >= 11 is 0. The summed E-state index contributed by atoms with van der Waals surface area (Å²) in [6, 6.07) is 5.37. The molecule has 31 heavy (non-hydrogen) atoms. The van der Waals surface area contributed by atoms with Crippen LogP contribution in [-0.4, -0.2) is 53.0 Å². The van der Waals surface area contributed by atoms with Crippen LogP contribution in [0, 0.1) is 0 Å². The first-order valence-corrected chi connectivity index (χ1v) is 10.1. The first-order valence-electron chi connectivity index (χ1n) is 10.1. The van der Waals surface area contributed by atoms with E-state index in [1.807, 2.05) is 26.8 Å². The van der Waals surface area contributed by atoms with Gasteiger partial charge in [0.25, 0.3) is 0 Å². The normalized spacial score (nSPS) is 13.4. The van der Waals surface area contributed by atoms with Crippen LogP contribution in [0.5, 0.6) is 11.5 Å². The summed E-state index contributed by atoms with van der Waals surface area (Å²) in [6.45, 7) is 6.38. The summed E-state index contributed by atoms with van der Waals surface area (Å²) < 4.78 is 17.7. The number of rotatable bonds is 5. The Morgan fingerprint density at radius 1 is 1.16 bits per heavy atom. The summed E-state index contributed by atoms with van der Waals surface area (Å²) in [4.78, 5) is 26.9. The first kappa shape index (κ1) is 22.5. The second-order valence-electron chi connectivity index (χ2n) is 8.46. The van der Waals surface area contributed by atoms with Crippen molar-refractivity contribution in [3.63, 3.8) is 0 Å². The Hall–Kier alpha value is -3.23. The van der Waals surface area contributed by atoms with Gasteiger partial charge in [0.05, 0.1) is 32.9 Å². The van der Waals surface area contributed by atoms with Crippen LogP contribution in [0.15, 0.2) is 18.2 Å². The maximum atomic E-state index is 12.7. The van der Waals surface area contributed by atoms with Crippen molar-refractivity contribution < 1.29 is 23.8 Å². The van der Waals surface area contributed by atoms with E-state index in [4.69, 9.17) is 14.2 Å². The smallest absolute Gasteiger partial charge is 0.410 e. The fourth-order valence-electron chi connectivity index (χ4n) is 3.49. The Labute approximate surface area is 182 Å². The zero-order valence-corrected chi connectivity index (χ0v) is 18.9. The van der Waals surface area contributed by atoms with E-state index in [9.17, 15) is 9.59 Å². The molecule has 1 aliphatic heterocycles. The minimum absolute atomic E-state index is 0.163. The molecule has 2 aromatic rings. The molecular weight excluding hydrogens is 400 g/mol. The minimum atomic E-state index is -0.567. The average Bonchev–Trinajstić information content (AvgIpc) is 3.01. The van der Waals surface area contributed by atoms with Gasteiger partial charge in [0.1, 0.15) is 11.4 Å². The van der Waals surface area contributed by atoms with Gasteiger partial charge >= 0.3 is 6.09 Å². The Morgan fingerprint density at radius 3 is 2.52 bits per heavy atom. The van der Waals surface area contributed by atoms with Crippen molar-refractivity contribution in [1.82, 2.24) is 14.7 Å². The van der Waals surface area contributed by atoms with Gasteiger partial charge in [0.15, 0.2) is 11.5 Å². The van der Waals surface area contributed by atoms with Crippen molar-refractivity contribution in [3.8, 4) is 11.5 Å². The second-order valence-corrected chi connectivity index (χ2v) is 8.46. The number of ether oxygens (including phenoxy) is 3. The van der Waals surface area contributed by atoms with Gasteiger partial charge in [0.2, 0.25) is 5.91 Å². The molecule has 0 radical (unpaired) electrons. The molecule has 0 fully saturated rings. The second kappa shape index (κ2) is 8.87. The number of amides is 2. The maximum absolute atomic E-state index is 12.7. The van der Waals surface area contributed by atoms with Crippen molar-refractivity contribution in [2.75, 3.05) is 26.1 Å². The Bertz CT molecular complexity index is 977. The molecule has 3 rings (SSSR count). The zero-order valence-electron chi connectivity index (χ0n) is 18.9. The minimum Gasteiger partial charge on any atom is -0.493 e. The SMILES string of the molecule is COc1ccc(CC(=O)Nc2c3c(nn2C)CCN(C(=O)OC(C)(C)C)C3)cc1OC.